The Balaban J connectivity index is 1.84. The molecule has 0 bridgehead atoms. The van der Waals surface area contributed by atoms with Crippen LogP contribution in [0.3, 0.4) is 0 Å². The third kappa shape index (κ3) is 6.29. The van der Waals surface area contributed by atoms with Crippen LogP contribution in [0, 0.1) is 17.1 Å². The van der Waals surface area contributed by atoms with Crippen LogP contribution in [0.15, 0.2) is 36.9 Å². The van der Waals surface area contributed by atoms with Gasteiger partial charge in [-0.3, -0.25) is 15.2 Å². The first-order chi connectivity index (χ1) is 16.8. The van der Waals surface area contributed by atoms with Gasteiger partial charge in [0.1, 0.15) is 17.3 Å². The van der Waals surface area contributed by atoms with E-state index < -0.39 is 60.2 Å². The zero-order chi connectivity index (χ0) is 26.7. The van der Waals surface area contributed by atoms with E-state index in [0.29, 0.717) is 6.20 Å². The SMILES string of the molecule is CN/C=C(\C(=N)C(=O)N1CC(F)(F)C[C@@H](C)[C@H]1CNc1cnc(C(F)(F)F)cn1)c1ccc(F)cn1. The summed E-state index contributed by atoms with van der Waals surface area (Å²) in [6.45, 7) is 0.414. The van der Waals surface area contributed by atoms with Crippen LogP contribution in [0.4, 0.5) is 32.2 Å². The summed E-state index contributed by atoms with van der Waals surface area (Å²) in [5.41, 5.74) is -1.80. The van der Waals surface area contributed by atoms with Crippen molar-refractivity contribution >= 4 is 23.0 Å². The molecule has 3 rings (SSSR count). The Morgan fingerprint density at radius 1 is 1.22 bits per heavy atom. The van der Waals surface area contributed by atoms with Crippen LogP contribution in [-0.2, 0) is 11.0 Å². The van der Waals surface area contributed by atoms with Crippen LogP contribution in [0.1, 0.15) is 24.7 Å². The number of nitrogens with one attached hydrogen (secondary N) is 3. The van der Waals surface area contributed by atoms with Crippen molar-refractivity contribution in [1.29, 1.82) is 5.41 Å². The molecule has 2 aromatic heterocycles. The molecular formula is C22H23F6N7O. The van der Waals surface area contributed by atoms with Gasteiger partial charge in [0, 0.05) is 31.8 Å². The largest absolute Gasteiger partial charge is 0.434 e. The number of anilines is 1. The van der Waals surface area contributed by atoms with Crippen LogP contribution in [0.2, 0.25) is 0 Å². The van der Waals surface area contributed by atoms with Crippen LogP contribution in [0.25, 0.3) is 5.57 Å². The average Bonchev–Trinajstić information content (AvgIpc) is 2.80. The van der Waals surface area contributed by atoms with E-state index in [9.17, 15) is 31.1 Å². The molecule has 0 unspecified atom stereocenters. The first-order valence-electron chi connectivity index (χ1n) is 10.7. The number of hydrogen-bond donors (Lipinski definition) is 3. The highest BCUT2D eigenvalue weighted by Gasteiger charge is 2.47. The number of nitrogens with zero attached hydrogens (tertiary/aromatic N) is 4. The van der Waals surface area contributed by atoms with Crippen molar-refractivity contribution in [3.63, 3.8) is 0 Å². The molecule has 36 heavy (non-hydrogen) atoms. The van der Waals surface area contributed by atoms with Crippen LogP contribution in [0.5, 0.6) is 0 Å². The lowest BCUT2D eigenvalue weighted by Crippen LogP contribution is -2.58. The summed E-state index contributed by atoms with van der Waals surface area (Å²) < 4.78 is 80.3. The standard InChI is InChI=1S/C22H23F6N7O/c1-12-5-21(24,25)11-35(16(12)8-33-18-10-32-17(9-34-18)22(26,27)28)20(36)19(29)14(7-30-2)15-4-3-13(23)6-31-15/h3-4,6-7,9-10,12,16,29-30H,5,8,11H2,1-2H3,(H,33,34)/b14-7-,29-19?/t12-,16-/m1/s1. The Kier molecular flexibility index (Phi) is 7.84. The van der Waals surface area contributed by atoms with E-state index >= 15 is 0 Å². The van der Waals surface area contributed by atoms with E-state index in [2.05, 4.69) is 25.6 Å². The van der Waals surface area contributed by atoms with Gasteiger partial charge in [-0.05, 0) is 18.1 Å². The topological polar surface area (TPSA) is 107 Å². The molecular weight excluding hydrogens is 492 g/mol. The Hall–Kier alpha value is -3.71. The molecule has 1 aliphatic heterocycles. The molecule has 0 saturated carbocycles. The molecule has 1 fully saturated rings. The third-order valence-corrected chi connectivity index (χ3v) is 5.55. The number of piperidine rings is 1. The highest BCUT2D eigenvalue weighted by Crippen LogP contribution is 2.35. The number of carbonyl (C=O) groups is 1. The average molecular weight is 515 g/mol. The Labute approximate surface area is 202 Å². The van der Waals surface area contributed by atoms with Gasteiger partial charge in [-0.15, -0.1) is 0 Å². The Morgan fingerprint density at radius 3 is 2.50 bits per heavy atom. The minimum absolute atomic E-state index is 0.0376. The van der Waals surface area contributed by atoms with Crippen molar-refractivity contribution in [2.45, 2.75) is 31.5 Å². The molecule has 1 aliphatic rings. The van der Waals surface area contributed by atoms with Crippen LogP contribution < -0.4 is 10.6 Å². The van der Waals surface area contributed by atoms with Gasteiger partial charge in [0.2, 0.25) is 0 Å². The second kappa shape index (κ2) is 10.5. The van der Waals surface area contributed by atoms with E-state index in [4.69, 9.17) is 5.41 Å². The number of halogens is 6. The normalized spacial score (nSPS) is 20.1. The molecule has 0 aromatic carbocycles. The number of carbonyl (C=O) groups excluding carboxylic acids is 1. The molecule has 0 aliphatic carbocycles. The fraction of sp³-hybridized carbons (Fsp3) is 0.409. The number of alkyl halides is 5. The van der Waals surface area contributed by atoms with Gasteiger partial charge in [-0.25, -0.2) is 23.1 Å². The second-order valence-electron chi connectivity index (χ2n) is 8.29. The summed E-state index contributed by atoms with van der Waals surface area (Å²) in [6.07, 6.45) is -1.65. The summed E-state index contributed by atoms with van der Waals surface area (Å²) >= 11 is 0. The number of amides is 1. The number of pyridine rings is 1. The van der Waals surface area contributed by atoms with Gasteiger partial charge >= 0.3 is 6.18 Å². The molecule has 2 atom stereocenters. The van der Waals surface area contributed by atoms with E-state index in [1.54, 1.807) is 0 Å². The molecule has 2 aromatic rings. The Morgan fingerprint density at radius 2 is 1.94 bits per heavy atom. The van der Waals surface area contributed by atoms with Crippen molar-refractivity contribution in [3.05, 3.63) is 54.1 Å². The summed E-state index contributed by atoms with van der Waals surface area (Å²) in [4.78, 5) is 24.9. The maximum atomic E-state index is 14.4. The number of likely N-dealkylation sites (tertiary alicyclic amines) is 1. The van der Waals surface area contributed by atoms with Crippen molar-refractivity contribution in [1.82, 2.24) is 25.2 Å². The highest BCUT2D eigenvalue weighted by atomic mass is 19.4. The van der Waals surface area contributed by atoms with E-state index in [0.717, 1.165) is 23.4 Å². The molecule has 1 amide bonds. The molecule has 3 heterocycles. The van der Waals surface area contributed by atoms with Gasteiger partial charge in [0.25, 0.3) is 11.8 Å². The second-order valence-corrected chi connectivity index (χ2v) is 8.29. The van der Waals surface area contributed by atoms with Gasteiger partial charge in [-0.2, -0.15) is 13.2 Å². The molecule has 8 nitrogen and oxygen atoms in total. The predicted molar refractivity (Wildman–Crippen MR) is 119 cm³/mol. The number of aromatic nitrogens is 3. The lowest BCUT2D eigenvalue weighted by molar-refractivity contribution is -0.145. The lowest BCUT2D eigenvalue weighted by Gasteiger charge is -2.43. The molecule has 0 spiro atoms. The first kappa shape index (κ1) is 26.9. The van der Waals surface area contributed by atoms with Crippen molar-refractivity contribution in [3.8, 4) is 0 Å². The van der Waals surface area contributed by atoms with Crippen molar-refractivity contribution in [2.75, 3.05) is 25.5 Å². The number of rotatable bonds is 7. The maximum absolute atomic E-state index is 14.4. The van der Waals surface area contributed by atoms with Gasteiger partial charge in [0.15, 0.2) is 5.69 Å². The number of hydrogen-bond acceptors (Lipinski definition) is 7. The zero-order valence-electron chi connectivity index (χ0n) is 19.2. The lowest BCUT2D eigenvalue weighted by atomic mass is 9.87. The summed E-state index contributed by atoms with van der Waals surface area (Å²) in [5.74, 6) is -5.65. The van der Waals surface area contributed by atoms with Gasteiger partial charge in [-0.1, -0.05) is 6.92 Å². The summed E-state index contributed by atoms with van der Waals surface area (Å²) in [5, 5.41) is 13.8. The fourth-order valence-electron chi connectivity index (χ4n) is 3.87. The Bertz CT molecular complexity index is 1120. The van der Waals surface area contributed by atoms with Gasteiger partial charge < -0.3 is 15.5 Å². The summed E-state index contributed by atoms with van der Waals surface area (Å²) in [7, 11) is 1.50. The third-order valence-electron chi connectivity index (χ3n) is 5.55. The minimum Gasteiger partial charge on any atom is -0.393 e. The van der Waals surface area contributed by atoms with Crippen LogP contribution >= 0.6 is 0 Å². The molecule has 0 radical (unpaired) electrons. The minimum atomic E-state index is -4.67. The van der Waals surface area contributed by atoms with E-state index in [1.165, 1.54) is 26.2 Å². The molecule has 1 saturated heterocycles. The first-order valence-corrected chi connectivity index (χ1v) is 10.7. The highest BCUT2D eigenvalue weighted by molar-refractivity contribution is 6.54. The fourth-order valence-corrected chi connectivity index (χ4v) is 3.87. The van der Waals surface area contributed by atoms with Crippen molar-refractivity contribution < 1.29 is 31.1 Å². The van der Waals surface area contributed by atoms with Crippen molar-refractivity contribution in [2.24, 2.45) is 5.92 Å². The molecule has 3 N–H and O–H groups in total. The van der Waals surface area contributed by atoms with E-state index in [1.807, 2.05) is 0 Å². The molecule has 194 valence electrons. The predicted octanol–water partition coefficient (Wildman–Crippen LogP) is 3.59. The molecule has 14 heteroatoms. The van der Waals surface area contributed by atoms with Crippen LogP contribution in [-0.4, -0.2) is 63.6 Å². The monoisotopic (exact) mass is 515 g/mol. The zero-order valence-corrected chi connectivity index (χ0v) is 19.2. The smallest absolute Gasteiger partial charge is 0.393 e. The summed E-state index contributed by atoms with van der Waals surface area (Å²) in [6, 6.07) is 1.48. The van der Waals surface area contributed by atoms with Gasteiger partial charge in [0.05, 0.1) is 36.9 Å². The quantitative estimate of drug-likeness (QED) is 0.385. The maximum Gasteiger partial charge on any atom is 0.434 e. The van der Waals surface area contributed by atoms with E-state index in [-0.39, 0.29) is 23.6 Å².